The summed E-state index contributed by atoms with van der Waals surface area (Å²) in [4.78, 5) is 11.0. The molecule has 3 nitrogen and oxygen atoms in total. The van der Waals surface area contributed by atoms with Crippen molar-refractivity contribution in [2.75, 3.05) is 12.3 Å². The van der Waals surface area contributed by atoms with Gasteiger partial charge in [0.25, 0.3) is 0 Å². The third kappa shape index (κ3) is 4.16. The minimum absolute atomic E-state index is 0.144. The van der Waals surface area contributed by atoms with Crippen molar-refractivity contribution in [3.05, 3.63) is 29.1 Å². The molecule has 20 heavy (non-hydrogen) atoms. The highest BCUT2D eigenvalue weighted by Crippen LogP contribution is 2.33. The van der Waals surface area contributed by atoms with Gasteiger partial charge in [-0.05, 0) is 19.1 Å². The van der Waals surface area contributed by atoms with E-state index in [1.807, 2.05) is 0 Å². The Labute approximate surface area is 112 Å². The number of benzene rings is 1. The van der Waals surface area contributed by atoms with Crippen molar-refractivity contribution >= 4 is 11.7 Å². The van der Waals surface area contributed by atoms with Crippen LogP contribution in [-0.4, -0.2) is 12.6 Å². The molecule has 108 valence electrons. The summed E-state index contributed by atoms with van der Waals surface area (Å²) in [6, 6.07) is 1.07. The molecule has 0 bridgehead atoms. The van der Waals surface area contributed by atoms with Crippen molar-refractivity contribution in [2.45, 2.75) is 19.5 Å². The monoisotopic (exact) mass is 289 g/mol. The maximum absolute atomic E-state index is 13.2. The number of carbonyl (C=O) groups is 1. The minimum atomic E-state index is -4.71. The van der Waals surface area contributed by atoms with Crippen LogP contribution in [0.1, 0.15) is 24.5 Å². The van der Waals surface area contributed by atoms with Gasteiger partial charge in [-0.15, -0.1) is 0 Å². The molecule has 0 fully saturated rings. The Hall–Kier alpha value is -2.23. The van der Waals surface area contributed by atoms with E-state index in [1.165, 1.54) is 0 Å². The predicted octanol–water partition coefficient (Wildman–Crippen LogP) is 2.73. The maximum Gasteiger partial charge on any atom is 0.417 e. The van der Waals surface area contributed by atoms with E-state index in [4.69, 9.17) is 5.73 Å². The fourth-order valence-corrected chi connectivity index (χ4v) is 1.35. The van der Waals surface area contributed by atoms with Crippen LogP contribution in [0, 0.1) is 17.7 Å². The lowest BCUT2D eigenvalue weighted by Crippen LogP contribution is -2.10. The SMILES string of the molecule is CCOC(=O)CC#Cc1cc(F)c(N)cc1C(F)(F)F. The number of carbonyl (C=O) groups excluding carboxylic acids is 1. The van der Waals surface area contributed by atoms with E-state index >= 15 is 0 Å². The van der Waals surface area contributed by atoms with E-state index in [2.05, 4.69) is 16.6 Å². The summed E-state index contributed by atoms with van der Waals surface area (Å²) in [5.41, 5.74) is 2.77. The fraction of sp³-hybridized carbons (Fsp3) is 0.308. The van der Waals surface area contributed by atoms with Crippen molar-refractivity contribution in [3.63, 3.8) is 0 Å². The summed E-state index contributed by atoms with van der Waals surface area (Å²) in [5.74, 6) is 2.66. The quantitative estimate of drug-likeness (QED) is 0.394. The summed E-state index contributed by atoms with van der Waals surface area (Å²) >= 11 is 0. The lowest BCUT2D eigenvalue weighted by atomic mass is 10.1. The highest BCUT2D eigenvalue weighted by Gasteiger charge is 2.34. The lowest BCUT2D eigenvalue weighted by molar-refractivity contribution is -0.141. The third-order valence-electron chi connectivity index (χ3n) is 2.20. The molecule has 0 unspecified atom stereocenters. The van der Waals surface area contributed by atoms with Crippen molar-refractivity contribution in [3.8, 4) is 11.8 Å². The number of esters is 1. The standard InChI is InChI=1S/C13H11F4NO2/c1-2-20-12(19)5-3-4-8-6-10(14)11(18)7-9(8)13(15,16)17/h6-7H,2,5,18H2,1H3. The van der Waals surface area contributed by atoms with Gasteiger partial charge in [-0.1, -0.05) is 11.8 Å². The second kappa shape index (κ2) is 6.28. The largest absolute Gasteiger partial charge is 0.465 e. The van der Waals surface area contributed by atoms with E-state index in [0.29, 0.717) is 12.1 Å². The molecule has 1 aromatic rings. The first-order valence-corrected chi connectivity index (χ1v) is 5.56. The van der Waals surface area contributed by atoms with Gasteiger partial charge in [-0.3, -0.25) is 4.79 Å². The van der Waals surface area contributed by atoms with Crippen LogP contribution in [-0.2, 0) is 15.7 Å². The van der Waals surface area contributed by atoms with E-state index in [9.17, 15) is 22.4 Å². The molecular weight excluding hydrogens is 278 g/mol. The van der Waals surface area contributed by atoms with Crippen LogP contribution >= 0.6 is 0 Å². The summed E-state index contributed by atoms with van der Waals surface area (Å²) < 4.78 is 56.0. The number of nitrogen functional groups attached to an aromatic ring is 1. The molecule has 0 radical (unpaired) electrons. The molecule has 0 aliphatic carbocycles. The van der Waals surface area contributed by atoms with Crippen molar-refractivity contribution < 1.29 is 27.1 Å². The molecule has 0 amide bonds. The van der Waals surface area contributed by atoms with Gasteiger partial charge in [0.15, 0.2) is 0 Å². The number of halogens is 4. The molecule has 7 heteroatoms. The smallest absolute Gasteiger partial charge is 0.417 e. The molecule has 0 heterocycles. The number of anilines is 1. The molecule has 0 aromatic heterocycles. The Morgan fingerprint density at radius 2 is 2.05 bits per heavy atom. The van der Waals surface area contributed by atoms with Crippen LogP contribution in [0.5, 0.6) is 0 Å². The fourth-order valence-electron chi connectivity index (χ4n) is 1.35. The minimum Gasteiger partial charge on any atom is -0.465 e. The zero-order valence-electron chi connectivity index (χ0n) is 10.5. The van der Waals surface area contributed by atoms with Crippen molar-refractivity contribution in [2.24, 2.45) is 0 Å². The van der Waals surface area contributed by atoms with Crippen LogP contribution in [0.3, 0.4) is 0 Å². The number of hydrogen-bond donors (Lipinski definition) is 1. The maximum atomic E-state index is 13.2. The summed E-state index contributed by atoms with van der Waals surface area (Å²) in [7, 11) is 0. The zero-order chi connectivity index (χ0) is 15.3. The molecule has 1 aromatic carbocycles. The summed E-state index contributed by atoms with van der Waals surface area (Å²) in [6.07, 6.45) is -5.09. The van der Waals surface area contributed by atoms with Crippen LogP contribution in [0.15, 0.2) is 12.1 Å². The van der Waals surface area contributed by atoms with Gasteiger partial charge in [0, 0.05) is 5.56 Å². The first-order chi connectivity index (χ1) is 9.25. The Kier molecular flexibility index (Phi) is 4.97. The van der Waals surface area contributed by atoms with E-state index < -0.39 is 34.8 Å². The molecule has 0 saturated carbocycles. The zero-order valence-corrected chi connectivity index (χ0v) is 10.5. The molecule has 0 saturated heterocycles. The normalized spacial score (nSPS) is 10.7. The summed E-state index contributed by atoms with van der Waals surface area (Å²) in [5, 5.41) is 0. The number of alkyl halides is 3. The number of hydrogen-bond acceptors (Lipinski definition) is 3. The van der Waals surface area contributed by atoms with E-state index in [-0.39, 0.29) is 13.0 Å². The highest BCUT2D eigenvalue weighted by atomic mass is 19.4. The first-order valence-electron chi connectivity index (χ1n) is 5.56. The lowest BCUT2D eigenvalue weighted by Gasteiger charge is -2.10. The second-order valence-corrected chi connectivity index (χ2v) is 3.70. The second-order valence-electron chi connectivity index (χ2n) is 3.70. The Morgan fingerprint density at radius 1 is 1.40 bits per heavy atom. The predicted molar refractivity (Wildman–Crippen MR) is 63.9 cm³/mol. The van der Waals surface area contributed by atoms with Crippen LogP contribution in [0.4, 0.5) is 23.2 Å². The Balaban J connectivity index is 3.09. The Morgan fingerprint density at radius 3 is 2.60 bits per heavy atom. The van der Waals surface area contributed by atoms with Gasteiger partial charge in [0.1, 0.15) is 12.2 Å². The molecular formula is C13H11F4NO2. The van der Waals surface area contributed by atoms with Gasteiger partial charge in [-0.2, -0.15) is 13.2 Å². The topological polar surface area (TPSA) is 52.3 Å². The van der Waals surface area contributed by atoms with Crippen LogP contribution < -0.4 is 5.73 Å². The van der Waals surface area contributed by atoms with Gasteiger partial charge >= 0.3 is 12.1 Å². The van der Waals surface area contributed by atoms with Crippen molar-refractivity contribution in [1.29, 1.82) is 0 Å². The molecule has 0 aliphatic rings. The molecule has 0 aliphatic heterocycles. The number of ether oxygens (including phenoxy) is 1. The van der Waals surface area contributed by atoms with E-state index in [0.717, 1.165) is 0 Å². The van der Waals surface area contributed by atoms with Gasteiger partial charge in [-0.25, -0.2) is 4.39 Å². The van der Waals surface area contributed by atoms with Gasteiger partial charge in [0.05, 0.1) is 17.9 Å². The van der Waals surface area contributed by atoms with Gasteiger partial charge in [0.2, 0.25) is 0 Å². The molecule has 2 N–H and O–H groups in total. The molecule has 0 spiro atoms. The molecule has 0 atom stereocenters. The third-order valence-corrected chi connectivity index (χ3v) is 2.20. The highest BCUT2D eigenvalue weighted by molar-refractivity contribution is 5.72. The summed E-state index contributed by atoms with van der Waals surface area (Å²) in [6.45, 7) is 1.73. The van der Waals surface area contributed by atoms with Gasteiger partial charge < -0.3 is 10.5 Å². The number of rotatable bonds is 2. The average molecular weight is 289 g/mol. The van der Waals surface area contributed by atoms with Crippen molar-refractivity contribution in [1.82, 2.24) is 0 Å². The van der Waals surface area contributed by atoms with Crippen LogP contribution in [0.2, 0.25) is 0 Å². The number of nitrogens with two attached hydrogens (primary N) is 1. The molecule has 1 rings (SSSR count). The van der Waals surface area contributed by atoms with E-state index in [1.54, 1.807) is 6.92 Å². The average Bonchev–Trinajstić information content (AvgIpc) is 2.32. The van der Waals surface area contributed by atoms with Crippen LogP contribution in [0.25, 0.3) is 0 Å². The first kappa shape index (κ1) is 15.8. The Bertz CT molecular complexity index is 570.